The van der Waals surface area contributed by atoms with Gasteiger partial charge in [0.2, 0.25) is 0 Å². The summed E-state index contributed by atoms with van der Waals surface area (Å²) >= 11 is 1.89. The highest BCUT2D eigenvalue weighted by molar-refractivity contribution is 7.27. The van der Waals surface area contributed by atoms with E-state index in [-0.39, 0.29) is 0 Å². The predicted molar refractivity (Wildman–Crippen MR) is 255 cm³/mol. The molecular weight excluding hydrogens is 733 g/mol. The van der Waals surface area contributed by atoms with Crippen LogP contribution < -0.4 is 9.80 Å². The van der Waals surface area contributed by atoms with Gasteiger partial charge in [0.25, 0.3) is 0 Å². The number of nitrogens with zero attached hydrogens (tertiary/aromatic N) is 2. The fourth-order valence-corrected chi connectivity index (χ4v) is 9.92. The van der Waals surface area contributed by atoms with E-state index >= 15 is 0 Å². The van der Waals surface area contributed by atoms with E-state index in [4.69, 9.17) is 0 Å². The lowest BCUT2D eigenvalue weighted by Gasteiger charge is -2.30. The highest BCUT2D eigenvalue weighted by atomic mass is 32.1. The van der Waals surface area contributed by atoms with Gasteiger partial charge in [0.05, 0.1) is 10.4 Å². The molecule has 0 atom stereocenters. The van der Waals surface area contributed by atoms with Gasteiger partial charge in [0, 0.05) is 43.9 Å². The van der Waals surface area contributed by atoms with Gasteiger partial charge in [-0.25, -0.2) is 0 Å². The first-order valence-electron chi connectivity index (χ1n) is 20.1. The number of hydrogen-bond acceptors (Lipinski definition) is 3. The van der Waals surface area contributed by atoms with Gasteiger partial charge in [-0.15, -0.1) is 11.3 Å². The highest BCUT2D eigenvalue weighted by Crippen LogP contribution is 2.50. The smallest absolute Gasteiger partial charge is 0.0661 e. The van der Waals surface area contributed by atoms with E-state index in [9.17, 15) is 0 Å². The second kappa shape index (κ2) is 14.8. The maximum atomic E-state index is 2.44. The number of benzene rings is 10. The summed E-state index contributed by atoms with van der Waals surface area (Å²) in [6.45, 7) is 0. The van der Waals surface area contributed by atoms with E-state index in [1.165, 1.54) is 64.0 Å². The summed E-state index contributed by atoms with van der Waals surface area (Å²) in [5.74, 6) is 0. The molecule has 0 aliphatic heterocycles. The van der Waals surface area contributed by atoms with Crippen molar-refractivity contribution in [2.24, 2.45) is 0 Å². The molecule has 10 aromatic carbocycles. The van der Waals surface area contributed by atoms with Crippen LogP contribution in [0.2, 0.25) is 0 Å². The molecule has 0 radical (unpaired) electrons. The number of rotatable bonds is 8. The van der Waals surface area contributed by atoms with Crippen LogP contribution in [0.1, 0.15) is 0 Å². The molecule has 0 amide bonds. The Balaban J connectivity index is 1.15. The first-order chi connectivity index (χ1) is 29.3. The summed E-state index contributed by atoms with van der Waals surface area (Å²) in [5, 5.41) is 7.53. The Kier molecular flexibility index (Phi) is 8.72. The lowest BCUT2D eigenvalue weighted by molar-refractivity contribution is 1.26. The fourth-order valence-electron chi connectivity index (χ4n) is 8.60. The van der Waals surface area contributed by atoms with Crippen molar-refractivity contribution in [3.05, 3.63) is 231 Å². The van der Waals surface area contributed by atoms with Gasteiger partial charge >= 0.3 is 0 Å². The minimum absolute atomic E-state index is 1.09. The monoisotopic (exact) mass is 770 g/mol. The third-order valence-electron chi connectivity index (χ3n) is 11.4. The number of anilines is 6. The first-order valence-corrected chi connectivity index (χ1v) is 20.9. The highest BCUT2D eigenvalue weighted by Gasteiger charge is 2.23. The molecule has 0 unspecified atom stereocenters. The Morgan fingerprint density at radius 1 is 0.271 bits per heavy atom. The Morgan fingerprint density at radius 2 is 0.780 bits per heavy atom. The van der Waals surface area contributed by atoms with E-state index in [2.05, 4.69) is 240 Å². The van der Waals surface area contributed by atoms with Crippen LogP contribution in [0.15, 0.2) is 231 Å². The fraction of sp³-hybridized carbons (Fsp3) is 0. The third kappa shape index (κ3) is 6.29. The van der Waals surface area contributed by atoms with Crippen molar-refractivity contribution in [3.63, 3.8) is 0 Å². The van der Waals surface area contributed by atoms with Crippen LogP contribution in [0.25, 0.3) is 64.0 Å². The van der Waals surface area contributed by atoms with Crippen LogP contribution in [0.5, 0.6) is 0 Å². The lowest BCUT2D eigenvalue weighted by atomic mass is 9.98. The quantitative estimate of drug-likeness (QED) is 0.152. The SMILES string of the molecule is c1ccc(-c2ccc(N(c3ccccc3)c3cc(N(c4ccccc4)c4ccc(-c5cccc6ccccc56)cc4)cc4c3sc3c5ccccc5ccc43)cc2)cc1. The summed E-state index contributed by atoms with van der Waals surface area (Å²) in [4.78, 5) is 4.84. The maximum Gasteiger partial charge on any atom is 0.0661 e. The maximum absolute atomic E-state index is 2.44. The Labute approximate surface area is 348 Å². The summed E-state index contributed by atoms with van der Waals surface area (Å²) < 4.78 is 2.55. The first kappa shape index (κ1) is 34.8. The zero-order chi connectivity index (χ0) is 39.1. The van der Waals surface area contributed by atoms with Crippen LogP contribution in [-0.4, -0.2) is 0 Å². The largest absolute Gasteiger partial charge is 0.310 e. The van der Waals surface area contributed by atoms with Gasteiger partial charge in [-0.3, -0.25) is 0 Å². The zero-order valence-electron chi connectivity index (χ0n) is 32.2. The molecule has 0 saturated carbocycles. The molecule has 1 aromatic heterocycles. The molecule has 0 fully saturated rings. The van der Waals surface area contributed by atoms with E-state index in [1.54, 1.807) is 0 Å². The van der Waals surface area contributed by atoms with Crippen molar-refractivity contribution >= 4 is 87.2 Å². The van der Waals surface area contributed by atoms with Gasteiger partial charge in [-0.1, -0.05) is 170 Å². The van der Waals surface area contributed by atoms with Crippen LogP contribution in [-0.2, 0) is 0 Å². The Hall–Kier alpha value is -7.46. The second-order valence-corrected chi connectivity index (χ2v) is 16.0. The standard InChI is InChI=1S/C56H38N2S/c1-4-15-39(16-5-1)40-27-32-47(33-28-40)58(45-22-8-3-9-23-45)54-38-48(37-53-52-36-31-42-18-11-13-25-51(42)55(52)59-56(53)54)57(44-20-6-2-7-21-44)46-34-29-43(30-35-46)50-26-14-19-41-17-10-12-24-49(41)50/h1-38H. The molecule has 11 rings (SSSR count). The van der Waals surface area contributed by atoms with Gasteiger partial charge in [-0.2, -0.15) is 0 Å². The van der Waals surface area contributed by atoms with E-state index in [0.717, 1.165) is 34.1 Å². The average Bonchev–Trinajstić information content (AvgIpc) is 3.70. The molecule has 0 spiro atoms. The predicted octanol–water partition coefficient (Wildman–Crippen LogP) is 16.6. The number of para-hydroxylation sites is 2. The number of fused-ring (bicyclic) bond motifs is 6. The van der Waals surface area contributed by atoms with Crippen molar-refractivity contribution in [2.75, 3.05) is 9.80 Å². The normalized spacial score (nSPS) is 11.4. The van der Waals surface area contributed by atoms with Gasteiger partial charge < -0.3 is 9.80 Å². The molecule has 1 heterocycles. The van der Waals surface area contributed by atoms with Crippen molar-refractivity contribution in [3.8, 4) is 22.3 Å². The number of thiophene rings is 1. The van der Waals surface area contributed by atoms with E-state index in [0.29, 0.717) is 0 Å². The third-order valence-corrected chi connectivity index (χ3v) is 12.7. The molecular formula is C56H38N2S. The molecule has 0 saturated heterocycles. The summed E-state index contributed by atoms with van der Waals surface area (Å²) in [6.07, 6.45) is 0. The molecule has 0 aliphatic carbocycles. The summed E-state index contributed by atoms with van der Waals surface area (Å²) in [5.41, 5.74) is 11.4. The lowest BCUT2D eigenvalue weighted by Crippen LogP contribution is -2.13. The summed E-state index contributed by atoms with van der Waals surface area (Å²) in [6, 6.07) is 83.6. The molecule has 59 heavy (non-hydrogen) atoms. The van der Waals surface area contributed by atoms with Gasteiger partial charge in [0.15, 0.2) is 0 Å². The van der Waals surface area contributed by atoms with Crippen LogP contribution in [0, 0.1) is 0 Å². The zero-order valence-corrected chi connectivity index (χ0v) is 33.1. The van der Waals surface area contributed by atoms with Crippen molar-refractivity contribution in [1.82, 2.24) is 0 Å². The molecule has 0 N–H and O–H groups in total. The van der Waals surface area contributed by atoms with Gasteiger partial charge in [0.1, 0.15) is 0 Å². The molecule has 0 bridgehead atoms. The van der Waals surface area contributed by atoms with Crippen molar-refractivity contribution in [2.45, 2.75) is 0 Å². The molecule has 278 valence electrons. The van der Waals surface area contributed by atoms with Crippen molar-refractivity contribution in [1.29, 1.82) is 0 Å². The second-order valence-electron chi connectivity index (χ2n) is 14.9. The topological polar surface area (TPSA) is 6.48 Å². The minimum atomic E-state index is 1.09. The molecule has 3 heteroatoms. The Bertz CT molecular complexity index is 3240. The molecule has 2 nitrogen and oxygen atoms in total. The van der Waals surface area contributed by atoms with E-state index < -0.39 is 0 Å². The van der Waals surface area contributed by atoms with E-state index in [1.807, 2.05) is 11.3 Å². The van der Waals surface area contributed by atoms with Crippen LogP contribution in [0.4, 0.5) is 34.1 Å². The number of hydrogen-bond donors (Lipinski definition) is 0. The average molecular weight is 771 g/mol. The van der Waals surface area contributed by atoms with Crippen LogP contribution >= 0.6 is 11.3 Å². The summed E-state index contributed by atoms with van der Waals surface area (Å²) in [7, 11) is 0. The van der Waals surface area contributed by atoms with Crippen LogP contribution in [0.3, 0.4) is 0 Å². The van der Waals surface area contributed by atoms with Crippen molar-refractivity contribution < 1.29 is 0 Å². The van der Waals surface area contributed by atoms with Gasteiger partial charge in [-0.05, 0) is 104 Å². The molecule has 11 aromatic rings. The molecule has 0 aliphatic rings. The Morgan fingerprint density at radius 3 is 1.47 bits per heavy atom. The minimum Gasteiger partial charge on any atom is -0.310 e.